The molecule has 4 rings (SSSR count). The number of rotatable bonds is 4. The van der Waals surface area contributed by atoms with Crippen molar-refractivity contribution in [2.45, 2.75) is 39.2 Å². The predicted molar refractivity (Wildman–Crippen MR) is 109 cm³/mol. The SMILES string of the molecule is CNc1nc(C)cc(N2CCCC3(CCC(=O)N(Cc4cccnc4)C3)C2)n1. The molecule has 2 fully saturated rings. The van der Waals surface area contributed by atoms with Crippen LogP contribution in [0, 0.1) is 12.3 Å². The summed E-state index contributed by atoms with van der Waals surface area (Å²) in [6.45, 7) is 5.38. The number of hydrogen-bond acceptors (Lipinski definition) is 6. The van der Waals surface area contributed by atoms with Crippen LogP contribution in [-0.2, 0) is 11.3 Å². The van der Waals surface area contributed by atoms with Gasteiger partial charge in [0, 0.05) is 69.2 Å². The van der Waals surface area contributed by atoms with Gasteiger partial charge in [-0.3, -0.25) is 9.78 Å². The highest BCUT2D eigenvalue weighted by Crippen LogP contribution is 2.40. The van der Waals surface area contributed by atoms with E-state index in [0.717, 1.165) is 56.0 Å². The Morgan fingerprint density at radius 3 is 2.93 bits per heavy atom. The van der Waals surface area contributed by atoms with E-state index in [1.807, 2.05) is 37.2 Å². The lowest BCUT2D eigenvalue weighted by atomic mass is 9.73. The normalized spacial score (nSPS) is 22.6. The van der Waals surface area contributed by atoms with Gasteiger partial charge >= 0.3 is 0 Å². The summed E-state index contributed by atoms with van der Waals surface area (Å²) in [6, 6.07) is 6.03. The molecule has 28 heavy (non-hydrogen) atoms. The van der Waals surface area contributed by atoms with Crippen LogP contribution in [0.4, 0.5) is 11.8 Å². The number of carbonyl (C=O) groups excluding carboxylic acids is 1. The zero-order valence-corrected chi connectivity index (χ0v) is 16.7. The molecule has 0 saturated carbocycles. The summed E-state index contributed by atoms with van der Waals surface area (Å²) in [4.78, 5) is 30.2. The van der Waals surface area contributed by atoms with Gasteiger partial charge < -0.3 is 15.1 Å². The molecule has 2 saturated heterocycles. The molecule has 1 spiro atoms. The Bertz CT molecular complexity index is 842. The molecule has 7 nitrogen and oxygen atoms in total. The molecule has 0 aliphatic carbocycles. The third-order valence-electron chi connectivity index (χ3n) is 5.89. The van der Waals surface area contributed by atoms with E-state index >= 15 is 0 Å². The highest BCUT2D eigenvalue weighted by Gasteiger charge is 2.42. The van der Waals surface area contributed by atoms with Gasteiger partial charge in [0.25, 0.3) is 0 Å². The number of nitrogens with one attached hydrogen (secondary N) is 1. The van der Waals surface area contributed by atoms with Crippen molar-refractivity contribution in [2.24, 2.45) is 5.41 Å². The van der Waals surface area contributed by atoms with Crippen molar-refractivity contribution < 1.29 is 4.79 Å². The lowest BCUT2D eigenvalue weighted by molar-refractivity contribution is -0.138. The second-order valence-electron chi connectivity index (χ2n) is 8.08. The van der Waals surface area contributed by atoms with E-state index in [2.05, 4.69) is 31.2 Å². The summed E-state index contributed by atoms with van der Waals surface area (Å²) in [5.41, 5.74) is 2.18. The molecule has 1 atom stereocenters. The molecule has 148 valence electrons. The van der Waals surface area contributed by atoms with E-state index in [0.29, 0.717) is 18.9 Å². The number of anilines is 2. The molecule has 2 aliphatic rings. The smallest absolute Gasteiger partial charge is 0.224 e. The van der Waals surface area contributed by atoms with E-state index < -0.39 is 0 Å². The first kappa shape index (κ1) is 18.7. The Morgan fingerprint density at radius 1 is 1.25 bits per heavy atom. The number of piperidine rings is 2. The fourth-order valence-electron chi connectivity index (χ4n) is 4.52. The van der Waals surface area contributed by atoms with Crippen LogP contribution in [0.5, 0.6) is 0 Å². The zero-order valence-electron chi connectivity index (χ0n) is 16.7. The van der Waals surface area contributed by atoms with Gasteiger partial charge in [0.2, 0.25) is 11.9 Å². The molecular weight excluding hydrogens is 352 g/mol. The van der Waals surface area contributed by atoms with Crippen molar-refractivity contribution in [3.05, 3.63) is 41.9 Å². The minimum Gasteiger partial charge on any atom is -0.357 e. The van der Waals surface area contributed by atoms with Crippen molar-refractivity contribution in [3.63, 3.8) is 0 Å². The van der Waals surface area contributed by atoms with E-state index in [4.69, 9.17) is 0 Å². The minimum absolute atomic E-state index is 0.132. The molecule has 1 amide bonds. The van der Waals surface area contributed by atoms with Crippen molar-refractivity contribution in [3.8, 4) is 0 Å². The van der Waals surface area contributed by atoms with Gasteiger partial charge in [0.15, 0.2) is 0 Å². The van der Waals surface area contributed by atoms with Gasteiger partial charge in [0.05, 0.1) is 0 Å². The first-order valence-electron chi connectivity index (χ1n) is 10.0. The average molecular weight is 380 g/mol. The van der Waals surface area contributed by atoms with Gasteiger partial charge in [-0.05, 0) is 37.8 Å². The van der Waals surface area contributed by atoms with Crippen LogP contribution in [0.2, 0.25) is 0 Å². The number of carbonyl (C=O) groups is 1. The first-order chi connectivity index (χ1) is 13.6. The highest BCUT2D eigenvalue weighted by molar-refractivity contribution is 5.77. The molecule has 1 N–H and O–H groups in total. The number of amides is 1. The van der Waals surface area contributed by atoms with Gasteiger partial charge in [-0.15, -0.1) is 0 Å². The largest absolute Gasteiger partial charge is 0.357 e. The van der Waals surface area contributed by atoms with Gasteiger partial charge in [0.1, 0.15) is 5.82 Å². The second kappa shape index (κ2) is 7.73. The summed E-state index contributed by atoms with van der Waals surface area (Å²) >= 11 is 0. The lowest BCUT2D eigenvalue weighted by Crippen LogP contribution is -2.54. The van der Waals surface area contributed by atoms with Crippen LogP contribution in [0.1, 0.15) is 36.9 Å². The third-order valence-corrected chi connectivity index (χ3v) is 5.89. The van der Waals surface area contributed by atoms with E-state index in [1.165, 1.54) is 0 Å². The average Bonchev–Trinajstić information content (AvgIpc) is 2.71. The molecule has 2 aromatic rings. The molecule has 1 unspecified atom stereocenters. The fraction of sp³-hybridized carbons (Fsp3) is 0.524. The second-order valence-corrected chi connectivity index (χ2v) is 8.08. The number of pyridine rings is 1. The topological polar surface area (TPSA) is 74.2 Å². The van der Waals surface area contributed by atoms with Crippen molar-refractivity contribution in [1.29, 1.82) is 0 Å². The molecule has 0 aromatic carbocycles. The summed E-state index contributed by atoms with van der Waals surface area (Å²) < 4.78 is 0. The molecule has 0 bridgehead atoms. The monoisotopic (exact) mass is 380 g/mol. The van der Waals surface area contributed by atoms with Crippen molar-refractivity contribution >= 4 is 17.7 Å². The van der Waals surface area contributed by atoms with Crippen LogP contribution in [0.25, 0.3) is 0 Å². The Kier molecular flexibility index (Phi) is 5.15. The minimum atomic E-state index is 0.132. The van der Waals surface area contributed by atoms with Crippen LogP contribution < -0.4 is 10.2 Å². The molecule has 0 radical (unpaired) electrons. The number of aryl methyl sites for hydroxylation is 1. The predicted octanol–water partition coefficient (Wildman–Crippen LogP) is 2.63. The van der Waals surface area contributed by atoms with Crippen LogP contribution in [0.15, 0.2) is 30.6 Å². The van der Waals surface area contributed by atoms with E-state index in [-0.39, 0.29) is 11.3 Å². The van der Waals surface area contributed by atoms with Crippen molar-refractivity contribution in [2.75, 3.05) is 36.9 Å². The maximum atomic E-state index is 12.6. The lowest BCUT2D eigenvalue weighted by Gasteiger charge is -2.48. The standard InChI is InChI=1S/C21H28N6O/c1-16-11-18(25-20(22-2)24-16)26-10-4-7-21(14-26)8-6-19(28)27(15-21)13-17-5-3-9-23-12-17/h3,5,9,11-12H,4,6-8,10,13-15H2,1-2H3,(H,22,24,25). The van der Waals surface area contributed by atoms with Gasteiger partial charge in [-0.25, -0.2) is 4.98 Å². The Balaban J connectivity index is 1.52. The zero-order chi connectivity index (χ0) is 19.6. The number of nitrogens with zero attached hydrogens (tertiary/aromatic N) is 5. The fourth-order valence-corrected chi connectivity index (χ4v) is 4.52. The quantitative estimate of drug-likeness (QED) is 0.879. The molecular formula is C21H28N6O. The number of aromatic nitrogens is 3. The number of hydrogen-bond donors (Lipinski definition) is 1. The first-order valence-corrected chi connectivity index (χ1v) is 10.0. The van der Waals surface area contributed by atoms with Crippen LogP contribution >= 0.6 is 0 Å². The van der Waals surface area contributed by atoms with Gasteiger partial charge in [-0.1, -0.05) is 6.07 Å². The maximum absolute atomic E-state index is 12.6. The Labute approximate surface area is 166 Å². The maximum Gasteiger partial charge on any atom is 0.224 e. The highest BCUT2D eigenvalue weighted by atomic mass is 16.2. The van der Waals surface area contributed by atoms with E-state index in [9.17, 15) is 4.79 Å². The summed E-state index contributed by atoms with van der Waals surface area (Å²) in [5, 5.41) is 3.05. The third kappa shape index (κ3) is 3.93. The molecule has 2 aliphatic heterocycles. The molecule has 4 heterocycles. The molecule has 7 heteroatoms. The van der Waals surface area contributed by atoms with Crippen molar-refractivity contribution in [1.82, 2.24) is 19.9 Å². The van der Waals surface area contributed by atoms with Crippen LogP contribution in [-0.4, -0.2) is 52.4 Å². The summed E-state index contributed by atoms with van der Waals surface area (Å²) in [7, 11) is 1.85. The molecule has 2 aromatic heterocycles. The summed E-state index contributed by atoms with van der Waals surface area (Å²) in [5.74, 6) is 1.89. The number of likely N-dealkylation sites (tertiary alicyclic amines) is 1. The van der Waals surface area contributed by atoms with Crippen LogP contribution in [0.3, 0.4) is 0 Å². The Morgan fingerprint density at radius 2 is 2.14 bits per heavy atom. The van der Waals surface area contributed by atoms with Gasteiger partial charge in [-0.2, -0.15) is 4.98 Å². The summed E-state index contributed by atoms with van der Waals surface area (Å²) in [6.07, 6.45) is 7.47. The van der Waals surface area contributed by atoms with E-state index in [1.54, 1.807) is 6.20 Å². The Hall–Kier alpha value is -2.70.